The van der Waals surface area contributed by atoms with E-state index in [1.807, 2.05) is 29.6 Å². The van der Waals surface area contributed by atoms with Gasteiger partial charge in [-0.05, 0) is 36.6 Å². The average molecular weight is 354 g/mol. The number of oxime groups is 1. The number of hydrogen-bond acceptors (Lipinski definition) is 5. The van der Waals surface area contributed by atoms with Crippen LogP contribution in [-0.2, 0) is 9.63 Å². The highest BCUT2D eigenvalue weighted by molar-refractivity contribution is 9.10. The summed E-state index contributed by atoms with van der Waals surface area (Å²) in [4.78, 5) is 17.3. The van der Waals surface area contributed by atoms with Crippen LogP contribution in [0.25, 0.3) is 0 Å². The Hall–Kier alpha value is -1.66. The molecule has 0 aliphatic carbocycles. The van der Waals surface area contributed by atoms with Crippen LogP contribution in [0.1, 0.15) is 11.8 Å². The molecule has 0 saturated heterocycles. The smallest absolute Gasteiger partial charge is 0.372 e. The van der Waals surface area contributed by atoms with Gasteiger partial charge in [0.1, 0.15) is 5.75 Å². The van der Waals surface area contributed by atoms with Gasteiger partial charge in [-0.25, -0.2) is 4.79 Å². The summed E-state index contributed by atoms with van der Waals surface area (Å²) in [7, 11) is 0. The molecule has 0 spiro atoms. The van der Waals surface area contributed by atoms with Gasteiger partial charge in [0.25, 0.3) is 0 Å². The third-order valence-electron chi connectivity index (χ3n) is 2.31. The summed E-state index contributed by atoms with van der Waals surface area (Å²) in [5.74, 6) is 0.0520. The van der Waals surface area contributed by atoms with E-state index in [-0.39, 0.29) is 6.61 Å². The molecule has 0 aliphatic heterocycles. The first-order valence-corrected chi connectivity index (χ1v) is 7.49. The summed E-state index contributed by atoms with van der Waals surface area (Å²) < 4.78 is 6.18. The number of carbonyl (C=O) groups excluding carboxylic acids is 1. The van der Waals surface area contributed by atoms with Gasteiger partial charge in [-0.15, -0.1) is 11.3 Å². The zero-order valence-corrected chi connectivity index (χ0v) is 13.1. The van der Waals surface area contributed by atoms with Crippen LogP contribution in [0.4, 0.5) is 0 Å². The van der Waals surface area contributed by atoms with Crippen molar-refractivity contribution < 1.29 is 14.4 Å². The normalized spacial score (nSPS) is 11.2. The molecule has 6 heteroatoms. The van der Waals surface area contributed by atoms with Crippen molar-refractivity contribution in [2.24, 2.45) is 5.16 Å². The molecule has 0 saturated carbocycles. The third kappa shape index (κ3) is 4.47. The molecule has 1 aromatic carbocycles. The fraction of sp³-hybridized carbons (Fsp3) is 0.143. The van der Waals surface area contributed by atoms with Crippen LogP contribution >= 0.6 is 27.3 Å². The maximum Gasteiger partial charge on any atom is 0.372 e. The highest BCUT2D eigenvalue weighted by atomic mass is 79.9. The number of ether oxygens (including phenoxy) is 1. The maximum atomic E-state index is 11.5. The van der Waals surface area contributed by atoms with Crippen LogP contribution in [0.2, 0.25) is 0 Å². The summed E-state index contributed by atoms with van der Waals surface area (Å²) in [6.07, 6.45) is 0. The minimum atomic E-state index is -0.541. The van der Waals surface area contributed by atoms with Crippen molar-refractivity contribution in [1.29, 1.82) is 0 Å². The van der Waals surface area contributed by atoms with Gasteiger partial charge in [-0.1, -0.05) is 33.2 Å². The van der Waals surface area contributed by atoms with Crippen molar-refractivity contribution in [3.05, 3.63) is 51.1 Å². The molecule has 0 unspecified atom stereocenters. The Labute approximate surface area is 129 Å². The second-order valence-corrected chi connectivity index (χ2v) is 5.73. The Morgan fingerprint density at radius 3 is 2.90 bits per heavy atom. The number of halogens is 1. The van der Waals surface area contributed by atoms with Crippen LogP contribution < -0.4 is 4.74 Å². The molecule has 1 heterocycles. The third-order valence-corrected chi connectivity index (χ3v) is 3.79. The van der Waals surface area contributed by atoms with Crippen molar-refractivity contribution in [3.63, 3.8) is 0 Å². The van der Waals surface area contributed by atoms with Crippen molar-refractivity contribution in [2.75, 3.05) is 6.61 Å². The summed E-state index contributed by atoms with van der Waals surface area (Å²) >= 11 is 4.86. The molecule has 0 radical (unpaired) electrons. The molecule has 1 aromatic heterocycles. The Balaban J connectivity index is 1.83. The van der Waals surface area contributed by atoms with E-state index < -0.39 is 5.97 Å². The van der Waals surface area contributed by atoms with Crippen LogP contribution in [0.15, 0.2) is 51.4 Å². The lowest BCUT2D eigenvalue weighted by molar-refractivity contribution is -0.146. The van der Waals surface area contributed by atoms with Crippen LogP contribution in [0.5, 0.6) is 5.75 Å². The fourth-order valence-electron chi connectivity index (χ4n) is 1.37. The molecule has 2 aromatic rings. The van der Waals surface area contributed by atoms with Gasteiger partial charge >= 0.3 is 5.97 Å². The van der Waals surface area contributed by atoms with E-state index in [0.29, 0.717) is 11.5 Å². The Morgan fingerprint density at radius 1 is 1.35 bits per heavy atom. The molecule has 2 rings (SSSR count). The molecule has 4 nitrogen and oxygen atoms in total. The second kappa shape index (κ2) is 7.21. The summed E-state index contributed by atoms with van der Waals surface area (Å²) in [6, 6.07) is 11.1. The second-order valence-electron chi connectivity index (χ2n) is 3.86. The van der Waals surface area contributed by atoms with Crippen LogP contribution in [0.3, 0.4) is 0 Å². The number of hydrogen-bond donors (Lipinski definition) is 0. The number of rotatable bonds is 5. The van der Waals surface area contributed by atoms with Crippen molar-refractivity contribution >= 4 is 38.9 Å². The van der Waals surface area contributed by atoms with E-state index in [9.17, 15) is 4.79 Å². The minimum Gasteiger partial charge on any atom is -0.482 e. The van der Waals surface area contributed by atoms with Gasteiger partial charge in [-0.3, -0.25) is 0 Å². The van der Waals surface area contributed by atoms with Crippen LogP contribution in [-0.4, -0.2) is 18.3 Å². The predicted octanol–water partition coefficient (Wildman–Crippen LogP) is 3.86. The van der Waals surface area contributed by atoms with Gasteiger partial charge in [0.2, 0.25) is 0 Å². The first kappa shape index (κ1) is 14.7. The monoisotopic (exact) mass is 353 g/mol. The van der Waals surface area contributed by atoms with Crippen molar-refractivity contribution in [2.45, 2.75) is 6.92 Å². The maximum absolute atomic E-state index is 11.5. The number of benzene rings is 1. The van der Waals surface area contributed by atoms with Gasteiger partial charge in [0.15, 0.2) is 6.61 Å². The quantitative estimate of drug-likeness (QED) is 0.465. The van der Waals surface area contributed by atoms with E-state index in [1.165, 1.54) is 11.3 Å². The first-order valence-electron chi connectivity index (χ1n) is 5.82. The molecular formula is C14H12BrNO3S. The van der Waals surface area contributed by atoms with Gasteiger partial charge in [0, 0.05) is 4.47 Å². The lowest BCUT2D eigenvalue weighted by atomic mass is 10.3. The predicted molar refractivity (Wildman–Crippen MR) is 82.3 cm³/mol. The van der Waals surface area contributed by atoms with Gasteiger partial charge in [-0.2, -0.15) is 0 Å². The highest BCUT2D eigenvalue weighted by Gasteiger charge is 2.06. The summed E-state index contributed by atoms with van der Waals surface area (Å²) in [6.45, 7) is 1.60. The SMILES string of the molecule is CC(=NOC(=O)COc1cccc(Br)c1)c1cccs1. The van der Waals surface area contributed by atoms with Crippen molar-refractivity contribution in [3.8, 4) is 5.75 Å². The molecule has 0 N–H and O–H groups in total. The lowest BCUT2D eigenvalue weighted by Crippen LogP contribution is -2.13. The number of thiophene rings is 1. The number of carbonyl (C=O) groups is 1. The molecule has 0 aliphatic rings. The first-order chi connectivity index (χ1) is 9.65. The Bertz CT molecular complexity index is 611. The Kier molecular flexibility index (Phi) is 5.31. The summed E-state index contributed by atoms with van der Waals surface area (Å²) in [5, 5.41) is 5.72. The largest absolute Gasteiger partial charge is 0.482 e. The van der Waals surface area contributed by atoms with Gasteiger partial charge in [0.05, 0.1) is 10.6 Å². The minimum absolute atomic E-state index is 0.183. The van der Waals surface area contributed by atoms with E-state index in [0.717, 1.165) is 9.35 Å². The summed E-state index contributed by atoms with van der Waals surface area (Å²) in [5.41, 5.74) is 0.663. The topological polar surface area (TPSA) is 47.9 Å². The lowest BCUT2D eigenvalue weighted by Gasteiger charge is -2.04. The molecule has 0 atom stereocenters. The zero-order chi connectivity index (χ0) is 14.4. The van der Waals surface area contributed by atoms with E-state index in [1.54, 1.807) is 19.1 Å². The fourth-order valence-corrected chi connectivity index (χ4v) is 2.42. The van der Waals surface area contributed by atoms with Crippen molar-refractivity contribution in [1.82, 2.24) is 0 Å². The molecule has 104 valence electrons. The molecule has 0 bridgehead atoms. The van der Waals surface area contributed by atoms with Gasteiger partial charge < -0.3 is 9.57 Å². The highest BCUT2D eigenvalue weighted by Crippen LogP contribution is 2.17. The molecule has 20 heavy (non-hydrogen) atoms. The van der Waals surface area contributed by atoms with E-state index in [4.69, 9.17) is 9.57 Å². The van der Waals surface area contributed by atoms with Crippen LogP contribution in [0, 0.1) is 0 Å². The standard InChI is InChI=1S/C14H12BrNO3S/c1-10(13-6-3-7-20-13)16-19-14(17)9-18-12-5-2-4-11(15)8-12/h2-8H,9H2,1H3. The van der Waals surface area contributed by atoms with E-state index in [2.05, 4.69) is 21.1 Å². The molecule has 0 amide bonds. The van der Waals surface area contributed by atoms with E-state index >= 15 is 0 Å². The average Bonchev–Trinajstić information content (AvgIpc) is 2.97. The molecular weight excluding hydrogens is 342 g/mol. The number of nitrogens with zero attached hydrogens (tertiary/aromatic N) is 1. The Morgan fingerprint density at radius 2 is 2.20 bits per heavy atom. The molecule has 0 fully saturated rings. The zero-order valence-electron chi connectivity index (χ0n) is 10.7.